The zero-order valence-corrected chi connectivity index (χ0v) is 25.8. The number of aliphatic imine (C=N–C) groups is 1. The molecule has 0 aliphatic carbocycles. The first-order valence-electron chi connectivity index (χ1n) is 11.4. The highest BCUT2D eigenvalue weighted by molar-refractivity contribution is 8.00. The maximum absolute atomic E-state index is 12.5. The predicted octanol–water partition coefficient (Wildman–Crippen LogP) is -0.750. The average Bonchev–Trinajstić information content (AvgIpc) is 2.89. The second-order valence-electron chi connectivity index (χ2n) is 9.00. The van der Waals surface area contributed by atoms with E-state index in [9.17, 15) is 22.8 Å². The summed E-state index contributed by atoms with van der Waals surface area (Å²) >= 11 is 1.78. The predicted molar refractivity (Wildman–Crippen MR) is 166 cm³/mol. The molecular weight excluding hydrogens is 616 g/mol. The van der Waals surface area contributed by atoms with E-state index in [1.54, 1.807) is 30.5 Å². The lowest BCUT2D eigenvalue weighted by Crippen LogP contribution is -2.54. The van der Waals surface area contributed by atoms with Gasteiger partial charge in [-0.15, -0.1) is 11.8 Å². The Morgan fingerprint density at radius 1 is 1.19 bits per heavy atom. The Labute approximate surface area is 257 Å². The zero-order valence-electron chi connectivity index (χ0n) is 23.1. The number of primary amides is 1. The van der Waals surface area contributed by atoms with Crippen LogP contribution in [0.4, 0.5) is 0 Å². The highest BCUT2D eigenvalue weighted by atomic mass is 32.2. The zero-order chi connectivity index (χ0) is 27.5. The first-order valence-corrected chi connectivity index (χ1v) is 14.0. The van der Waals surface area contributed by atoms with E-state index < -0.39 is 50.6 Å². The van der Waals surface area contributed by atoms with Gasteiger partial charge in [-0.2, -0.15) is 13.5 Å². The van der Waals surface area contributed by atoms with Gasteiger partial charge in [0.1, 0.15) is 24.2 Å². The van der Waals surface area contributed by atoms with Crippen molar-refractivity contribution in [3.8, 4) is 0 Å². The molecule has 4 aliphatic heterocycles. The van der Waals surface area contributed by atoms with Crippen molar-refractivity contribution >= 4 is 65.4 Å². The van der Waals surface area contributed by atoms with Crippen molar-refractivity contribution in [2.24, 2.45) is 15.9 Å². The van der Waals surface area contributed by atoms with E-state index in [-0.39, 0.29) is 49.4 Å². The second kappa shape index (κ2) is 17.4. The lowest BCUT2D eigenvalue weighted by Gasteiger charge is -2.44. The summed E-state index contributed by atoms with van der Waals surface area (Å²) in [6, 6.07) is -0.866. The fourth-order valence-electron chi connectivity index (χ4n) is 4.41. The lowest BCUT2D eigenvalue weighted by atomic mass is 9.99. The van der Waals surface area contributed by atoms with Crippen molar-refractivity contribution in [2.75, 3.05) is 32.7 Å². The van der Waals surface area contributed by atoms with Gasteiger partial charge in [0.25, 0.3) is 5.91 Å². The minimum Gasteiger partial charge on any atom is -0.427 e. The van der Waals surface area contributed by atoms with Crippen LogP contribution in [-0.2, 0) is 38.5 Å². The quantitative estimate of drug-likeness (QED) is 0.141. The van der Waals surface area contributed by atoms with Crippen LogP contribution < -0.4 is 11.9 Å². The number of sulfone groups is 1. The van der Waals surface area contributed by atoms with Gasteiger partial charge in [-0.3, -0.25) is 19.5 Å². The molecule has 3 fully saturated rings. The number of carbonyl (C=O) groups excluding carboxylic acids is 3. The molecule has 4 aliphatic rings. The van der Waals surface area contributed by atoms with Crippen molar-refractivity contribution in [1.82, 2.24) is 16.0 Å². The van der Waals surface area contributed by atoms with Crippen LogP contribution >= 0.6 is 25.3 Å². The average molecular weight is 661 g/mol. The molecule has 0 aromatic carbocycles. The fraction of sp³-hybridized carbons (Fsp3) is 0.609. The highest BCUT2D eigenvalue weighted by Crippen LogP contribution is 2.45. The van der Waals surface area contributed by atoms with E-state index in [0.29, 0.717) is 24.0 Å². The number of hydrogen-bond donors (Lipinski definition) is 2. The van der Waals surface area contributed by atoms with E-state index in [1.165, 1.54) is 7.11 Å². The summed E-state index contributed by atoms with van der Waals surface area (Å²) in [5, 5.41) is 3.03. The Hall–Kier alpha value is -2.68. The van der Waals surface area contributed by atoms with Gasteiger partial charge in [-0.1, -0.05) is 19.2 Å². The molecule has 3 unspecified atom stereocenters. The van der Waals surface area contributed by atoms with Crippen LogP contribution in [0.2, 0.25) is 0 Å². The van der Waals surface area contributed by atoms with Crippen LogP contribution in [0.25, 0.3) is 0 Å². The highest BCUT2D eigenvalue weighted by Gasteiger charge is 2.65. The summed E-state index contributed by atoms with van der Waals surface area (Å²) in [7, 11) is -2.13. The maximum atomic E-state index is 12.5. The number of ether oxygens (including phenoxy) is 2. The number of thioether (sulfide) groups is 1. The molecule has 0 saturated carbocycles. The van der Waals surface area contributed by atoms with Crippen LogP contribution in [0.5, 0.6) is 0 Å². The van der Waals surface area contributed by atoms with Gasteiger partial charge in [0.05, 0.1) is 15.8 Å². The largest absolute Gasteiger partial charge is 0.427 e. The van der Waals surface area contributed by atoms with Gasteiger partial charge in [-0.05, 0) is 39.5 Å². The number of oxime groups is 1. The van der Waals surface area contributed by atoms with E-state index >= 15 is 0 Å². The van der Waals surface area contributed by atoms with E-state index in [1.807, 2.05) is 11.0 Å². The number of carbonyl (C=O) groups is 3. The summed E-state index contributed by atoms with van der Waals surface area (Å²) in [6.45, 7) is 10.5. The molecule has 0 radical (unpaired) electrons. The Bertz CT molecular complexity index is 1160. The van der Waals surface area contributed by atoms with E-state index in [0.717, 1.165) is 18.7 Å². The molecule has 0 bridgehead atoms. The normalized spacial score (nSPS) is 23.7. The second-order valence-corrected chi connectivity index (χ2v) is 12.9. The van der Waals surface area contributed by atoms with Crippen LogP contribution in [0, 0.1) is 0 Å². The standard InChI is InChI=1S/C16H22N2O6S2.C6H9N3O2.CH4.H3N.2H2O.H2S/c1-16(2)13(18-7-4-12(18)26(16,21)22)15(20)24-9-23-14(19)10-5-8-25-11-3-6-17(10)11;1-4(8-2)5(6(7)10)9-11-3;;;;;/h5,11-13H,3-4,6-9H2,1-2H3;1-2H2,3H3,(H2,7,10);1H4;1H3;3*1H2/b;9-5-;;;;;. The Kier molecular flexibility index (Phi) is 18.2. The third-order valence-electron chi connectivity index (χ3n) is 6.63. The molecule has 0 spiro atoms. The minimum absolute atomic E-state index is 0. The maximum Gasteiger partial charge on any atom is 0.357 e. The molecule has 4 rings (SSSR count). The smallest absolute Gasteiger partial charge is 0.357 e. The van der Waals surface area contributed by atoms with Gasteiger partial charge < -0.3 is 42.0 Å². The van der Waals surface area contributed by atoms with Gasteiger partial charge in [-0.25, -0.2) is 13.2 Å². The van der Waals surface area contributed by atoms with Gasteiger partial charge >= 0.3 is 11.9 Å². The summed E-state index contributed by atoms with van der Waals surface area (Å²) in [6.07, 6.45) is 3.40. The molecule has 42 heavy (non-hydrogen) atoms. The summed E-state index contributed by atoms with van der Waals surface area (Å²) < 4.78 is 34.0. The first kappa shape index (κ1) is 43.8. The van der Waals surface area contributed by atoms with Crippen LogP contribution in [0.15, 0.2) is 34.2 Å². The van der Waals surface area contributed by atoms with E-state index in [4.69, 9.17) is 15.2 Å². The van der Waals surface area contributed by atoms with Crippen molar-refractivity contribution in [3.05, 3.63) is 24.0 Å². The Morgan fingerprint density at radius 3 is 2.24 bits per heavy atom. The van der Waals surface area contributed by atoms with Crippen LogP contribution in [0.1, 0.15) is 34.1 Å². The molecule has 9 N–H and O–H groups in total. The van der Waals surface area contributed by atoms with Crippen molar-refractivity contribution in [3.63, 3.8) is 0 Å². The summed E-state index contributed by atoms with van der Waals surface area (Å²) in [5.74, 6) is -1.16. The molecule has 4 heterocycles. The SMILES string of the molecule is C.C=NC(=C)/C(=N/OC)C(N)=O.CC1(C)C(C(=O)OCOC(=O)C2=CCSC3CCN23)N2CCC2S1(=O)=O.N.O.O.S. The number of nitrogens with zero attached hydrogens (tertiary/aromatic N) is 4. The number of rotatable bonds is 8. The topological polar surface area (TPSA) is 268 Å². The van der Waals surface area contributed by atoms with E-state index in [2.05, 4.69) is 28.3 Å². The number of fused-ring (bicyclic) bond motifs is 2. The van der Waals surface area contributed by atoms with Crippen molar-refractivity contribution < 1.29 is 48.1 Å². The molecule has 0 aromatic heterocycles. The Balaban J connectivity index is -0.000000833. The van der Waals surface area contributed by atoms with Crippen LogP contribution in [-0.4, -0.2) is 114 Å². The molecule has 244 valence electrons. The van der Waals surface area contributed by atoms with Gasteiger partial charge in [0.2, 0.25) is 6.79 Å². The molecule has 19 heteroatoms. The molecule has 3 saturated heterocycles. The number of esters is 2. The molecule has 1 amide bonds. The molecular formula is C23H44N6O10S3. The Morgan fingerprint density at radius 2 is 1.81 bits per heavy atom. The minimum atomic E-state index is -3.42. The summed E-state index contributed by atoms with van der Waals surface area (Å²) in [5.41, 5.74) is 5.39. The van der Waals surface area contributed by atoms with Gasteiger partial charge in [0, 0.05) is 18.8 Å². The summed E-state index contributed by atoms with van der Waals surface area (Å²) in [4.78, 5) is 46.6. The van der Waals surface area contributed by atoms with Crippen molar-refractivity contribution in [1.29, 1.82) is 0 Å². The monoisotopic (exact) mass is 660 g/mol. The number of amides is 1. The number of nitrogens with two attached hydrogens (primary N) is 1. The van der Waals surface area contributed by atoms with Crippen molar-refractivity contribution in [2.45, 2.75) is 55.7 Å². The third kappa shape index (κ3) is 8.23. The third-order valence-corrected chi connectivity index (χ3v) is 10.8. The molecule has 3 atom stereocenters. The number of hydrogen-bond acceptors (Lipinski definition) is 14. The van der Waals surface area contributed by atoms with Gasteiger partial charge in [0.15, 0.2) is 15.5 Å². The van der Waals surface area contributed by atoms with Crippen LogP contribution in [0.3, 0.4) is 0 Å². The molecule has 16 nitrogen and oxygen atoms in total. The molecule has 0 aromatic rings. The first-order chi connectivity index (χ1) is 17.4. The fourth-order valence-corrected chi connectivity index (χ4v) is 7.80. The lowest BCUT2D eigenvalue weighted by molar-refractivity contribution is -0.171.